The summed E-state index contributed by atoms with van der Waals surface area (Å²) in [6.45, 7) is 2.32. The van der Waals surface area contributed by atoms with Crippen LogP contribution in [0, 0.1) is 6.92 Å². The van der Waals surface area contributed by atoms with Crippen molar-refractivity contribution >= 4 is 5.84 Å². The Morgan fingerprint density at radius 2 is 1.82 bits per heavy atom. The summed E-state index contributed by atoms with van der Waals surface area (Å²) in [6, 6.07) is 18.5. The van der Waals surface area contributed by atoms with Crippen molar-refractivity contribution in [1.29, 1.82) is 0 Å². The summed E-state index contributed by atoms with van der Waals surface area (Å²) in [6.07, 6.45) is -0.352. The SMILES string of the molecule is Cc1ccccc1-c1ccncc1CN1C(c2ccco2)=NOC1c1cccc(C(F)(F)F)c1. The summed E-state index contributed by atoms with van der Waals surface area (Å²) in [7, 11) is 0. The maximum Gasteiger partial charge on any atom is 0.416 e. The first-order valence-electron chi connectivity index (χ1n) is 10.6. The molecule has 1 unspecified atom stereocenters. The first kappa shape index (κ1) is 21.8. The molecule has 5 rings (SSSR count). The fourth-order valence-corrected chi connectivity index (χ4v) is 4.05. The highest BCUT2D eigenvalue weighted by atomic mass is 19.4. The van der Waals surface area contributed by atoms with Crippen molar-refractivity contribution in [3.63, 3.8) is 0 Å². The number of alkyl halides is 3. The molecule has 0 radical (unpaired) electrons. The second-order valence-electron chi connectivity index (χ2n) is 7.95. The van der Waals surface area contributed by atoms with Gasteiger partial charge in [-0.2, -0.15) is 13.2 Å². The Morgan fingerprint density at radius 1 is 0.971 bits per heavy atom. The van der Waals surface area contributed by atoms with Gasteiger partial charge >= 0.3 is 6.18 Å². The molecule has 0 aliphatic carbocycles. The topological polar surface area (TPSA) is 50.9 Å². The molecule has 2 aromatic heterocycles. The smallest absolute Gasteiger partial charge is 0.416 e. The van der Waals surface area contributed by atoms with Crippen molar-refractivity contribution < 1.29 is 22.4 Å². The molecular weight excluding hydrogens is 443 g/mol. The average molecular weight is 463 g/mol. The molecule has 0 saturated heterocycles. The second kappa shape index (κ2) is 8.70. The predicted octanol–water partition coefficient (Wildman–Crippen LogP) is 6.56. The van der Waals surface area contributed by atoms with Crippen LogP contribution >= 0.6 is 0 Å². The van der Waals surface area contributed by atoms with Crippen molar-refractivity contribution in [2.75, 3.05) is 0 Å². The monoisotopic (exact) mass is 463 g/mol. The van der Waals surface area contributed by atoms with E-state index in [0.29, 0.717) is 17.2 Å². The van der Waals surface area contributed by atoms with Crippen LogP contribution in [0.5, 0.6) is 0 Å². The molecule has 1 aliphatic rings. The van der Waals surface area contributed by atoms with Crippen molar-refractivity contribution in [2.45, 2.75) is 25.9 Å². The highest BCUT2D eigenvalue weighted by Crippen LogP contribution is 2.37. The standard InChI is InChI=1S/C26H20F3N3O2/c1-17-6-2-3-9-21(17)22-11-12-30-15-19(22)16-32-24(23-10-5-13-33-23)31-34-25(32)18-7-4-8-20(14-18)26(27,28)29/h2-15,25H,16H2,1H3. The maximum atomic E-state index is 13.4. The van der Waals surface area contributed by atoms with Crippen molar-refractivity contribution in [1.82, 2.24) is 9.88 Å². The molecule has 0 fully saturated rings. The zero-order valence-corrected chi connectivity index (χ0v) is 18.2. The third-order valence-corrected chi connectivity index (χ3v) is 5.71. The number of nitrogens with zero attached hydrogens (tertiary/aromatic N) is 3. The third-order valence-electron chi connectivity index (χ3n) is 5.71. The summed E-state index contributed by atoms with van der Waals surface area (Å²) >= 11 is 0. The maximum absolute atomic E-state index is 13.4. The third kappa shape index (κ3) is 4.14. The summed E-state index contributed by atoms with van der Waals surface area (Å²) in [5, 5.41) is 4.17. The zero-order valence-electron chi connectivity index (χ0n) is 18.2. The molecule has 0 amide bonds. The normalized spacial score (nSPS) is 15.8. The molecule has 8 heteroatoms. The van der Waals surface area contributed by atoms with Gasteiger partial charge in [-0.15, -0.1) is 0 Å². The van der Waals surface area contributed by atoms with Crippen molar-refractivity contribution in [3.05, 3.63) is 113 Å². The lowest BCUT2D eigenvalue weighted by molar-refractivity contribution is -0.137. The van der Waals surface area contributed by atoms with Crippen LogP contribution in [-0.2, 0) is 17.6 Å². The van der Waals surface area contributed by atoms with E-state index in [-0.39, 0.29) is 6.54 Å². The Morgan fingerprint density at radius 3 is 2.59 bits per heavy atom. The van der Waals surface area contributed by atoms with E-state index in [0.717, 1.165) is 34.4 Å². The molecule has 0 N–H and O–H groups in total. The Hall–Kier alpha value is -4.07. The van der Waals surface area contributed by atoms with E-state index in [1.807, 2.05) is 37.3 Å². The zero-order chi connectivity index (χ0) is 23.7. The van der Waals surface area contributed by atoms with E-state index in [2.05, 4.69) is 10.1 Å². The Labute approximate surface area is 194 Å². The summed E-state index contributed by atoms with van der Waals surface area (Å²) in [5.74, 6) is 0.850. The van der Waals surface area contributed by atoms with Gasteiger partial charge in [0.15, 0.2) is 5.76 Å². The van der Waals surface area contributed by atoms with Crippen molar-refractivity contribution in [3.8, 4) is 11.1 Å². The van der Waals surface area contributed by atoms with Gasteiger partial charge in [0.05, 0.1) is 18.4 Å². The van der Waals surface area contributed by atoms with E-state index in [4.69, 9.17) is 9.25 Å². The van der Waals surface area contributed by atoms with Crippen LogP contribution < -0.4 is 0 Å². The molecule has 5 nitrogen and oxygen atoms in total. The minimum Gasteiger partial charge on any atom is -0.461 e. The number of hydrogen-bond donors (Lipinski definition) is 0. The van der Waals surface area contributed by atoms with Gasteiger partial charge in [-0.25, -0.2) is 0 Å². The summed E-state index contributed by atoms with van der Waals surface area (Å²) < 4.78 is 45.6. The van der Waals surface area contributed by atoms with Crippen LogP contribution in [0.15, 0.2) is 95.0 Å². The molecule has 0 spiro atoms. The quantitative estimate of drug-likeness (QED) is 0.336. The number of oxime groups is 1. The van der Waals surface area contributed by atoms with Gasteiger partial charge in [0.1, 0.15) is 0 Å². The Balaban J connectivity index is 1.56. The summed E-state index contributed by atoms with van der Waals surface area (Å²) in [4.78, 5) is 11.7. The van der Waals surface area contributed by atoms with Crippen LogP contribution in [0.3, 0.4) is 0 Å². The van der Waals surface area contributed by atoms with E-state index in [1.54, 1.807) is 35.5 Å². The Bertz CT molecular complexity index is 1330. The number of hydrogen-bond acceptors (Lipinski definition) is 5. The molecule has 2 aromatic carbocycles. The molecule has 3 heterocycles. The van der Waals surface area contributed by atoms with Gasteiger partial charge in [0.25, 0.3) is 0 Å². The van der Waals surface area contributed by atoms with Crippen LogP contribution in [0.2, 0.25) is 0 Å². The van der Waals surface area contributed by atoms with E-state index < -0.39 is 18.0 Å². The number of aromatic nitrogens is 1. The highest BCUT2D eigenvalue weighted by Gasteiger charge is 2.37. The molecule has 34 heavy (non-hydrogen) atoms. The first-order chi connectivity index (χ1) is 16.4. The minimum atomic E-state index is -4.47. The van der Waals surface area contributed by atoms with E-state index >= 15 is 0 Å². The number of furan rings is 1. The average Bonchev–Trinajstić information content (AvgIpc) is 3.50. The molecule has 1 atom stereocenters. The van der Waals surface area contributed by atoms with Crippen LogP contribution in [0.25, 0.3) is 11.1 Å². The predicted molar refractivity (Wildman–Crippen MR) is 120 cm³/mol. The highest BCUT2D eigenvalue weighted by molar-refractivity contribution is 5.97. The second-order valence-corrected chi connectivity index (χ2v) is 7.95. The van der Waals surface area contributed by atoms with Crippen LogP contribution in [-0.4, -0.2) is 15.7 Å². The molecule has 0 saturated carbocycles. The van der Waals surface area contributed by atoms with Gasteiger partial charge in [0, 0.05) is 18.0 Å². The van der Waals surface area contributed by atoms with Crippen molar-refractivity contribution in [2.24, 2.45) is 5.16 Å². The van der Waals surface area contributed by atoms with Crippen LogP contribution in [0.1, 0.15) is 34.2 Å². The molecule has 4 aromatic rings. The van der Waals surface area contributed by atoms with Gasteiger partial charge in [-0.05, 0) is 59.5 Å². The number of benzene rings is 2. The number of rotatable bonds is 5. The number of pyridine rings is 1. The largest absolute Gasteiger partial charge is 0.461 e. The fraction of sp³-hybridized carbons (Fsp3) is 0.154. The lowest BCUT2D eigenvalue weighted by atomic mass is 9.97. The van der Waals surface area contributed by atoms with Gasteiger partial charge in [-0.1, -0.05) is 41.6 Å². The van der Waals surface area contributed by atoms with Crippen LogP contribution in [0.4, 0.5) is 13.2 Å². The van der Waals surface area contributed by atoms with Gasteiger partial charge in [-0.3, -0.25) is 4.98 Å². The number of aryl methyl sites for hydroxylation is 1. The molecular formula is C26H20F3N3O2. The lowest BCUT2D eigenvalue weighted by Crippen LogP contribution is -2.31. The minimum absolute atomic E-state index is 0.290. The van der Waals surface area contributed by atoms with E-state index in [1.165, 1.54) is 12.3 Å². The fourth-order valence-electron chi connectivity index (χ4n) is 4.05. The van der Waals surface area contributed by atoms with Gasteiger partial charge < -0.3 is 14.2 Å². The molecule has 0 bridgehead atoms. The van der Waals surface area contributed by atoms with E-state index in [9.17, 15) is 13.2 Å². The summed E-state index contributed by atoms with van der Waals surface area (Å²) in [5.41, 5.74) is 3.58. The van der Waals surface area contributed by atoms with Gasteiger partial charge in [0.2, 0.25) is 12.1 Å². The number of amidine groups is 1. The first-order valence-corrected chi connectivity index (χ1v) is 10.6. The molecule has 172 valence electrons. The molecule has 1 aliphatic heterocycles. The Kier molecular flexibility index (Phi) is 5.57. The lowest BCUT2D eigenvalue weighted by Gasteiger charge is -2.26. The number of halogens is 3.